The van der Waals surface area contributed by atoms with Crippen molar-refractivity contribution in [2.75, 3.05) is 16.1 Å². The lowest BCUT2D eigenvalue weighted by Crippen LogP contribution is -2.13. The Hall–Kier alpha value is -3.18. The molecule has 0 spiro atoms. The lowest BCUT2D eigenvalue weighted by molar-refractivity contribution is -0.113. The van der Waals surface area contributed by atoms with Gasteiger partial charge in [0, 0.05) is 22.7 Å². The first-order chi connectivity index (χ1) is 12.6. The molecule has 0 saturated carbocycles. The van der Waals surface area contributed by atoms with Gasteiger partial charge in [0.25, 0.3) is 0 Å². The first-order valence-electron chi connectivity index (χ1n) is 7.91. The minimum absolute atomic E-state index is 0.102. The lowest BCUT2D eigenvalue weighted by atomic mass is 10.1. The summed E-state index contributed by atoms with van der Waals surface area (Å²) in [5.41, 5.74) is 3.18. The highest BCUT2D eigenvalue weighted by Crippen LogP contribution is 2.36. The fourth-order valence-corrected chi connectivity index (χ4v) is 2.61. The van der Waals surface area contributed by atoms with Gasteiger partial charge in [-0.15, -0.1) is 11.6 Å². The number of phenols is 2. The molecule has 0 aliphatic rings. The molecule has 0 atom stereocenters. The Labute approximate surface area is 156 Å². The summed E-state index contributed by atoms with van der Waals surface area (Å²) in [5, 5.41) is 21.8. The molecular formula is C20H17ClN2O3. The molecule has 3 rings (SSSR count). The van der Waals surface area contributed by atoms with E-state index in [0.717, 1.165) is 17.1 Å². The predicted octanol–water partition coefficient (Wildman–Crippen LogP) is 4.74. The minimum Gasteiger partial charge on any atom is -0.508 e. The number of halogens is 1. The third kappa shape index (κ3) is 4.07. The van der Waals surface area contributed by atoms with E-state index in [-0.39, 0.29) is 23.3 Å². The maximum atomic E-state index is 11.4. The molecule has 0 unspecified atom stereocenters. The number of anilines is 4. The monoisotopic (exact) mass is 368 g/mol. The number of carbonyl (C=O) groups excluding carboxylic acids is 1. The molecule has 0 fully saturated rings. The maximum absolute atomic E-state index is 11.4. The van der Waals surface area contributed by atoms with Crippen molar-refractivity contribution in [1.82, 2.24) is 0 Å². The summed E-state index contributed by atoms with van der Waals surface area (Å²) in [5.74, 6) is -0.0139. The van der Waals surface area contributed by atoms with Crippen LogP contribution in [0, 0.1) is 0 Å². The number of alkyl halides is 1. The summed E-state index contributed by atoms with van der Waals surface area (Å²) in [6.45, 7) is 0. The van der Waals surface area contributed by atoms with Crippen LogP contribution in [0.3, 0.4) is 0 Å². The Kier molecular flexibility index (Phi) is 5.29. The average molecular weight is 369 g/mol. The Morgan fingerprint density at radius 1 is 0.769 bits per heavy atom. The normalized spacial score (nSPS) is 10.3. The summed E-state index contributed by atoms with van der Waals surface area (Å²) in [6, 6.07) is 20.9. The number of rotatable bonds is 5. The molecule has 1 amide bonds. The fraction of sp³-hybridized carbons (Fsp3) is 0.0500. The summed E-state index contributed by atoms with van der Waals surface area (Å²) >= 11 is 5.51. The maximum Gasteiger partial charge on any atom is 0.239 e. The molecule has 132 valence electrons. The van der Waals surface area contributed by atoms with Gasteiger partial charge in [-0.2, -0.15) is 0 Å². The molecule has 0 saturated heterocycles. The Morgan fingerprint density at radius 3 is 1.54 bits per heavy atom. The van der Waals surface area contributed by atoms with E-state index < -0.39 is 0 Å². The molecule has 0 radical (unpaired) electrons. The number of nitrogens with one attached hydrogen (secondary N) is 1. The minimum atomic E-state index is -0.270. The molecule has 26 heavy (non-hydrogen) atoms. The lowest BCUT2D eigenvalue weighted by Gasteiger charge is -2.25. The highest BCUT2D eigenvalue weighted by molar-refractivity contribution is 6.29. The van der Waals surface area contributed by atoms with Gasteiger partial charge in [0.1, 0.15) is 17.4 Å². The molecule has 5 nitrogen and oxygen atoms in total. The zero-order chi connectivity index (χ0) is 18.5. The Morgan fingerprint density at radius 2 is 1.15 bits per heavy atom. The number of aromatic hydroxyl groups is 2. The standard InChI is InChI=1S/C20H17ClN2O3/c21-13-20(26)22-14-1-3-15(4-2-14)23(16-5-9-18(24)10-6-16)17-7-11-19(25)12-8-17/h1-12,24-25H,13H2,(H,22,26). The van der Waals surface area contributed by atoms with Crippen molar-refractivity contribution in [3.05, 3.63) is 72.8 Å². The first kappa shape index (κ1) is 17.6. The molecule has 3 aromatic rings. The zero-order valence-electron chi connectivity index (χ0n) is 13.8. The number of hydrogen-bond donors (Lipinski definition) is 3. The van der Waals surface area contributed by atoms with E-state index >= 15 is 0 Å². The zero-order valence-corrected chi connectivity index (χ0v) is 14.5. The van der Waals surface area contributed by atoms with E-state index in [1.54, 1.807) is 60.7 Å². The van der Waals surface area contributed by atoms with Gasteiger partial charge in [-0.1, -0.05) is 0 Å². The fourth-order valence-electron chi connectivity index (χ4n) is 2.54. The Balaban J connectivity index is 1.98. The van der Waals surface area contributed by atoms with Crippen LogP contribution in [0.25, 0.3) is 0 Å². The highest BCUT2D eigenvalue weighted by Gasteiger charge is 2.13. The predicted molar refractivity (Wildman–Crippen MR) is 104 cm³/mol. The van der Waals surface area contributed by atoms with Crippen molar-refractivity contribution < 1.29 is 15.0 Å². The van der Waals surface area contributed by atoms with Crippen molar-refractivity contribution >= 4 is 40.3 Å². The van der Waals surface area contributed by atoms with Crippen LogP contribution in [-0.4, -0.2) is 22.0 Å². The topological polar surface area (TPSA) is 72.8 Å². The van der Waals surface area contributed by atoms with Crippen LogP contribution in [0.1, 0.15) is 0 Å². The SMILES string of the molecule is O=C(CCl)Nc1ccc(N(c2ccc(O)cc2)c2ccc(O)cc2)cc1. The molecule has 6 heteroatoms. The molecule has 3 N–H and O–H groups in total. The van der Waals surface area contributed by atoms with Gasteiger partial charge in [0.15, 0.2) is 0 Å². The van der Waals surface area contributed by atoms with Crippen molar-refractivity contribution in [2.24, 2.45) is 0 Å². The summed E-state index contributed by atoms with van der Waals surface area (Å²) in [4.78, 5) is 13.4. The quantitative estimate of drug-likeness (QED) is 0.568. The average Bonchev–Trinajstić information content (AvgIpc) is 2.66. The molecule has 0 aromatic heterocycles. The van der Waals surface area contributed by atoms with E-state index in [4.69, 9.17) is 11.6 Å². The second kappa shape index (κ2) is 7.80. The van der Waals surface area contributed by atoms with E-state index in [1.165, 1.54) is 0 Å². The van der Waals surface area contributed by atoms with Gasteiger partial charge in [0.05, 0.1) is 0 Å². The van der Waals surface area contributed by atoms with Gasteiger partial charge >= 0.3 is 0 Å². The van der Waals surface area contributed by atoms with Crippen molar-refractivity contribution in [1.29, 1.82) is 0 Å². The van der Waals surface area contributed by atoms with E-state index in [0.29, 0.717) is 5.69 Å². The van der Waals surface area contributed by atoms with Crippen LogP contribution in [0.15, 0.2) is 72.8 Å². The van der Waals surface area contributed by atoms with E-state index in [9.17, 15) is 15.0 Å². The molecule has 3 aromatic carbocycles. The van der Waals surface area contributed by atoms with Crippen LogP contribution in [0.4, 0.5) is 22.7 Å². The van der Waals surface area contributed by atoms with Crippen molar-refractivity contribution in [2.45, 2.75) is 0 Å². The number of hydrogen-bond acceptors (Lipinski definition) is 4. The van der Waals surface area contributed by atoms with Gasteiger partial charge in [-0.25, -0.2) is 0 Å². The van der Waals surface area contributed by atoms with Crippen LogP contribution >= 0.6 is 11.6 Å². The second-order valence-corrected chi connectivity index (χ2v) is 5.86. The van der Waals surface area contributed by atoms with Crippen LogP contribution in [0.5, 0.6) is 11.5 Å². The third-order valence-corrected chi connectivity index (χ3v) is 3.99. The van der Waals surface area contributed by atoms with Crippen molar-refractivity contribution in [3.63, 3.8) is 0 Å². The van der Waals surface area contributed by atoms with Gasteiger partial charge in [-0.3, -0.25) is 4.79 Å². The smallest absolute Gasteiger partial charge is 0.239 e. The van der Waals surface area contributed by atoms with Gasteiger partial charge in [-0.05, 0) is 72.8 Å². The van der Waals surface area contributed by atoms with Crippen LogP contribution in [-0.2, 0) is 4.79 Å². The molecule has 0 heterocycles. The van der Waals surface area contributed by atoms with Gasteiger partial charge in [0.2, 0.25) is 5.91 Å². The molecule has 0 bridgehead atoms. The highest BCUT2D eigenvalue weighted by atomic mass is 35.5. The summed E-state index contributed by atoms with van der Waals surface area (Å²) < 4.78 is 0. The number of nitrogens with zero attached hydrogens (tertiary/aromatic N) is 1. The number of amides is 1. The third-order valence-electron chi connectivity index (χ3n) is 3.75. The van der Waals surface area contributed by atoms with Crippen molar-refractivity contribution in [3.8, 4) is 11.5 Å². The molecule has 0 aliphatic heterocycles. The summed E-state index contributed by atoms with van der Waals surface area (Å²) in [7, 11) is 0. The number of phenolic OH excluding ortho intramolecular Hbond substituents is 2. The van der Waals surface area contributed by atoms with Crippen LogP contribution in [0.2, 0.25) is 0 Å². The molecular weight excluding hydrogens is 352 g/mol. The summed E-state index contributed by atoms with van der Waals surface area (Å²) in [6.07, 6.45) is 0. The molecule has 0 aliphatic carbocycles. The Bertz CT molecular complexity index is 833. The van der Waals surface area contributed by atoms with Crippen LogP contribution < -0.4 is 10.2 Å². The largest absolute Gasteiger partial charge is 0.508 e. The van der Waals surface area contributed by atoms with Gasteiger partial charge < -0.3 is 20.4 Å². The van der Waals surface area contributed by atoms with E-state index in [2.05, 4.69) is 5.32 Å². The second-order valence-electron chi connectivity index (χ2n) is 5.60. The number of carbonyl (C=O) groups is 1. The van der Waals surface area contributed by atoms with E-state index in [1.807, 2.05) is 17.0 Å². The number of benzene rings is 3. The first-order valence-corrected chi connectivity index (χ1v) is 8.44.